The number of aryl methyl sites for hydroxylation is 1. The minimum atomic E-state index is -0.293. The summed E-state index contributed by atoms with van der Waals surface area (Å²) >= 11 is 0. The van der Waals surface area contributed by atoms with E-state index in [-0.39, 0.29) is 24.9 Å². The largest absolute Gasteiger partial charge is 0.483 e. The van der Waals surface area contributed by atoms with E-state index in [1.54, 1.807) is 48.4 Å². The predicted molar refractivity (Wildman–Crippen MR) is 102 cm³/mol. The predicted octanol–water partition coefficient (Wildman–Crippen LogP) is 3.54. The molecule has 0 saturated heterocycles. The lowest BCUT2D eigenvalue weighted by Gasteiger charge is -2.14. The first-order chi connectivity index (χ1) is 13.0. The number of benzene rings is 2. The van der Waals surface area contributed by atoms with E-state index in [2.05, 4.69) is 16.9 Å². The van der Waals surface area contributed by atoms with Crippen LogP contribution in [0, 0.1) is 12.7 Å². The molecular weight excluding hydrogens is 345 g/mol. The van der Waals surface area contributed by atoms with Crippen molar-refractivity contribution >= 4 is 11.6 Å². The topological polar surface area (TPSA) is 56.1 Å². The van der Waals surface area contributed by atoms with E-state index in [0.29, 0.717) is 22.6 Å². The minimum absolute atomic E-state index is 0.150. The Hall–Kier alpha value is -3.41. The molecule has 3 aromatic rings. The van der Waals surface area contributed by atoms with Crippen molar-refractivity contribution in [2.45, 2.75) is 13.5 Å². The van der Waals surface area contributed by atoms with Crippen LogP contribution in [0.3, 0.4) is 0 Å². The number of imidazole rings is 1. The molecule has 138 valence electrons. The standard InChI is InChI=1S/C21H20FN3O2/c1-15-7-8-17(11-19(15)22)12-24-21(26)13-27-20-6-4-3-5-18(20)16(2)25-10-9-23-14-25/h3-11,14H,2,12-13H2,1H3,(H,24,26). The van der Waals surface area contributed by atoms with Gasteiger partial charge in [-0.25, -0.2) is 9.37 Å². The number of ether oxygens (including phenoxy) is 1. The molecule has 1 N–H and O–H groups in total. The summed E-state index contributed by atoms with van der Waals surface area (Å²) in [6.07, 6.45) is 5.09. The molecular formula is C21H20FN3O2. The Bertz CT molecular complexity index is 952. The Morgan fingerprint density at radius 2 is 2.11 bits per heavy atom. The van der Waals surface area contributed by atoms with E-state index in [0.717, 1.165) is 5.56 Å². The third kappa shape index (κ3) is 4.61. The first-order valence-corrected chi connectivity index (χ1v) is 8.46. The molecule has 6 heteroatoms. The van der Waals surface area contributed by atoms with Crippen molar-refractivity contribution in [3.05, 3.63) is 90.3 Å². The molecule has 0 radical (unpaired) electrons. The summed E-state index contributed by atoms with van der Waals surface area (Å²) in [5.74, 6) is -0.0308. The first-order valence-electron chi connectivity index (χ1n) is 8.46. The van der Waals surface area contributed by atoms with Gasteiger partial charge in [0.15, 0.2) is 6.61 Å². The van der Waals surface area contributed by atoms with Gasteiger partial charge in [-0.05, 0) is 36.2 Å². The fourth-order valence-corrected chi connectivity index (χ4v) is 2.53. The zero-order chi connectivity index (χ0) is 19.2. The second-order valence-electron chi connectivity index (χ2n) is 6.06. The molecule has 0 saturated carbocycles. The average Bonchev–Trinajstić information content (AvgIpc) is 3.22. The van der Waals surface area contributed by atoms with Crippen LogP contribution in [0.4, 0.5) is 4.39 Å². The monoisotopic (exact) mass is 365 g/mol. The second kappa shape index (κ2) is 8.31. The van der Waals surface area contributed by atoms with Gasteiger partial charge in [0.05, 0.1) is 12.0 Å². The molecule has 0 aliphatic carbocycles. The highest BCUT2D eigenvalue weighted by Gasteiger charge is 2.10. The van der Waals surface area contributed by atoms with Crippen molar-refractivity contribution in [3.8, 4) is 5.75 Å². The Balaban J connectivity index is 1.59. The third-order valence-corrected chi connectivity index (χ3v) is 4.10. The number of carbonyl (C=O) groups excluding carboxylic acids is 1. The first kappa shape index (κ1) is 18.4. The highest BCUT2D eigenvalue weighted by atomic mass is 19.1. The van der Waals surface area contributed by atoms with E-state index in [1.807, 2.05) is 18.2 Å². The van der Waals surface area contributed by atoms with Crippen LogP contribution in [0.25, 0.3) is 5.70 Å². The van der Waals surface area contributed by atoms with Crippen molar-refractivity contribution in [3.63, 3.8) is 0 Å². The maximum atomic E-state index is 13.6. The summed E-state index contributed by atoms with van der Waals surface area (Å²) in [5, 5.41) is 2.72. The van der Waals surface area contributed by atoms with Gasteiger partial charge in [-0.2, -0.15) is 0 Å². The molecule has 5 nitrogen and oxygen atoms in total. The molecule has 1 heterocycles. The van der Waals surface area contributed by atoms with Crippen LogP contribution >= 0.6 is 0 Å². The van der Waals surface area contributed by atoms with Gasteiger partial charge in [0.1, 0.15) is 11.6 Å². The normalized spacial score (nSPS) is 10.4. The lowest BCUT2D eigenvalue weighted by molar-refractivity contribution is -0.123. The molecule has 3 rings (SSSR count). The van der Waals surface area contributed by atoms with Gasteiger partial charge >= 0.3 is 0 Å². The number of nitrogens with one attached hydrogen (secondary N) is 1. The van der Waals surface area contributed by atoms with Crippen LogP contribution < -0.4 is 10.1 Å². The van der Waals surface area contributed by atoms with Gasteiger partial charge in [0.25, 0.3) is 5.91 Å². The molecule has 0 aliphatic heterocycles. The van der Waals surface area contributed by atoms with E-state index < -0.39 is 0 Å². The van der Waals surface area contributed by atoms with Gasteiger partial charge in [0, 0.05) is 24.5 Å². The van der Waals surface area contributed by atoms with E-state index in [9.17, 15) is 9.18 Å². The maximum Gasteiger partial charge on any atom is 0.258 e. The molecule has 0 atom stereocenters. The molecule has 0 unspecified atom stereocenters. The zero-order valence-corrected chi connectivity index (χ0v) is 15.0. The summed E-state index contributed by atoms with van der Waals surface area (Å²) in [6, 6.07) is 12.2. The molecule has 27 heavy (non-hydrogen) atoms. The van der Waals surface area contributed by atoms with Crippen molar-refractivity contribution in [1.82, 2.24) is 14.9 Å². The Morgan fingerprint density at radius 1 is 1.30 bits per heavy atom. The van der Waals surface area contributed by atoms with Crippen LogP contribution in [0.1, 0.15) is 16.7 Å². The molecule has 0 spiro atoms. The van der Waals surface area contributed by atoms with Crippen LogP contribution in [-0.2, 0) is 11.3 Å². The SMILES string of the molecule is C=C(c1ccccc1OCC(=O)NCc1ccc(C)c(F)c1)n1ccnc1. The average molecular weight is 365 g/mol. The fraction of sp³-hybridized carbons (Fsp3) is 0.143. The molecule has 2 aromatic carbocycles. The van der Waals surface area contributed by atoms with Crippen molar-refractivity contribution in [2.24, 2.45) is 0 Å². The molecule has 0 fully saturated rings. The Kier molecular flexibility index (Phi) is 5.66. The number of nitrogens with zero attached hydrogens (tertiary/aromatic N) is 2. The second-order valence-corrected chi connectivity index (χ2v) is 6.06. The fourth-order valence-electron chi connectivity index (χ4n) is 2.53. The third-order valence-electron chi connectivity index (χ3n) is 4.10. The van der Waals surface area contributed by atoms with Crippen molar-refractivity contribution in [1.29, 1.82) is 0 Å². The smallest absolute Gasteiger partial charge is 0.258 e. The number of para-hydroxylation sites is 1. The van der Waals surface area contributed by atoms with Crippen LogP contribution in [0.15, 0.2) is 67.8 Å². The summed E-state index contributed by atoms with van der Waals surface area (Å²) in [7, 11) is 0. The number of amides is 1. The molecule has 1 amide bonds. The van der Waals surface area contributed by atoms with Gasteiger partial charge in [-0.3, -0.25) is 4.79 Å². The van der Waals surface area contributed by atoms with Gasteiger partial charge in [-0.1, -0.05) is 30.8 Å². The molecule has 1 aromatic heterocycles. The summed E-state index contributed by atoms with van der Waals surface area (Å²) < 4.78 is 21.0. The number of aromatic nitrogens is 2. The quantitative estimate of drug-likeness (QED) is 0.697. The number of hydrogen-bond acceptors (Lipinski definition) is 3. The number of carbonyl (C=O) groups is 1. The number of rotatable bonds is 7. The summed E-state index contributed by atoms with van der Waals surface area (Å²) in [5.41, 5.74) is 2.73. The van der Waals surface area contributed by atoms with Gasteiger partial charge < -0.3 is 14.6 Å². The molecule has 0 aliphatic rings. The maximum absolute atomic E-state index is 13.6. The lowest BCUT2D eigenvalue weighted by Crippen LogP contribution is -2.28. The number of halogens is 1. The zero-order valence-electron chi connectivity index (χ0n) is 15.0. The number of hydrogen-bond donors (Lipinski definition) is 1. The van der Waals surface area contributed by atoms with E-state index in [1.165, 1.54) is 6.07 Å². The van der Waals surface area contributed by atoms with Gasteiger partial charge in [-0.15, -0.1) is 0 Å². The highest BCUT2D eigenvalue weighted by Crippen LogP contribution is 2.25. The minimum Gasteiger partial charge on any atom is -0.483 e. The van der Waals surface area contributed by atoms with E-state index >= 15 is 0 Å². The summed E-state index contributed by atoms with van der Waals surface area (Å²) in [6.45, 7) is 5.84. The Morgan fingerprint density at radius 3 is 2.85 bits per heavy atom. The van der Waals surface area contributed by atoms with Crippen molar-refractivity contribution < 1.29 is 13.9 Å². The van der Waals surface area contributed by atoms with Crippen LogP contribution in [0.5, 0.6) is 5.75 Å². The van der Waals surface area contributed by atoms with E-state index in [4.69, 9.17) is 4.74 Å². The lowest BCUT2D eigenvalue weighted by atomic mass is 10.1. The highest BCUT2D eigenvalue weighted by molar-refractivity contribution is 5.78. The van der Waals surface area contributed by atoms with Gasteiger partial charge in [0.2, 0.25) is 0 Å². The Labute approximate surface area is 157 Å². The summed E-state index contributed by atoms with van der Waals surface area (Å²) in [4.78, 5) is 16.1. The van der Waals surface area contributed by atoms with Crippen LogP contribution in [-0.4, -0.2) is 22.1 Å². The molecule has 0 bridgehead atoms. The van der Waals surface area contributed by atoms with Crippen LogP contribution in [0.2, 0.25) is 0 Å². The van der Waals surface area contributed by atoms with Crippen molar-refractivity contribution in [2.75, 3.05) is 6.61 Å².